The number of para-hydroxylation sites is 3. The second kappa shape index (κ2) is 6.89. The summed E-state index contributed by atoms with van der Waals surface area (Å²) < 4.78 is 7.73. The van der Waals surface area contributed by atoms with Crippen molar-refractivity contribution in [3.8, 4) is 0 Å². The molecule has 2 heterocycles. The second-order valence-electron chi connectivity index (χ2n) is 7.86. The van der Waals surface area contributed by atoms with E-state index in [1.807, 2.05) is 53.1 Å². The van der Waals surface area contributed by atoms with Crippen molar-refractivity contribution in [1.29, 1.82) is 0 Å². The monoisotopic (exact) mass is 373 g/mol. The molecule has 0 atom stereocenters. The van der Waals surface area contributed by atoms with Gasteiger partial charge >= 0.3 is 5.97 Å². The van der Waals surface area contributed by atoms with E-state index < -0.39 is 0 Å². The Morgan fingerprint density at radius 3 is 2.46 bits per heavy atom. The standard InChI is InChI=1S/C23H23N3O2/c1-15-10-12-16(13-11-15)28-21(27)14-26-20-9-5-2-6-17(20)22-23(26)25-19-8-4-3-7-18(19)24-22/h2-9,15-16H,10-14H2,1H3. The van der Waals surface area contributed by atoms with Gasteiger partial charge in [0, 0.05) is 5.39 Å². The Bertz CT molecular complexity index is 1170. The van der Waals surface area contributed by atoms with E-state index >= 15 is 0 Å². The summed E-state index contributed by atoms with van der Waals surface area (Å²) in [4.78, 5) is 22.4. The third kappa shape index (κ3) is 3.01. The number of hydrogen-bond donors (Lipinski definition) is 0. The van der Waals surface area contributed by atoms with Gasteiger partial charge in [0.2, 0.25) is 0 Å². The molecule has 1 aliphatic rings. The SMILES string of the molecule is CC1CCC(OC(=O)Cn2c3ccccc3c3nc4ccccc4nc32)CC1. The second-order valence-corrected chi connectivity index (χ2v) is 7.86. The number of benzene rings is 2. The Kier molecular flexibility index (Phi) is 4.23. The van der Waals surface area contributed by atoms with Crippen molar-refractivity contribution in [2.75, 3.05) is 0 Å². The van der Waals surface area contributed by atoms with Crippen molar-refractivity contribution in [3.05, 3.63) is 48.5 Å². The summed E-state index contributed by atoms with van der Waals surface area (Å²) in [5.41, 5.74) is 4.20. The van der Waals surface area contributed by atoms with E-state index in [0.29, 0.717) is 0 Å². The van der Waals surface area contributed by atoms with Gasteiger partial charge in [0.1, 0.15) is 18.2 Å². The van der Waals surface area contributed by atoms with Gasteiger partial charge in [0.25, 0.3) is 0 Å². The van der Waals surface area contributed by atoms with Crippen LogP contribution in [0.15, 0.2) is 48.5 Å². The Morgan fingerprint density at radius 2 is 1.68 bits per heavy atom. The molecule has 2 aromatic carbocycles. The van der Waals surface area contributed by atoms with Gasteiger partial charge in [-0.05, 0) is 49.8 Å². The van der Waals surface area contributed by atoms with Crippen LogP contribution in [0.25, 0.3) is 33.1 Å². The summed E-state index contributed by atoms with van der Waals surface area (Å²) in [6.45, 7) is 2.42. The van der Waals surface area contributed by atoms with Crippen LogP contribution in [-0.2, 0) is 16.1 Å². The molecule has 1 fully saturated rings. The zero-order chi connectivity index (χ0) is 19.1. The summed E-state index contributed by atoms with van der Waals surface area (Å²) in [6.07, 6.45) is 4.23. The van der Waals surface area contributed by atoms with Gasteiger partial charge in [-0.2, -0.15) is 0 Å². The fourth-order valence-electron chi connectivity index (χ4n) is 4.24. The lowest BCUT2D eigenvalue weighted by molar-refractivity contribution is -0.151. The van der Waals surface area contributed by atoms with Gasteiger partial charge in [-0.3, -0.25) is 4.79 Å². The van der Waals surface area contributed by atoms with Crippen molar-refractivity contribution in [2.24, 2.45) is 5.92 Å². The van der Waals surface area contributed by atoms with Crippen molar-refractivity contribution in [3.63, 3.8) is 0 Å². The molecule has 0 saturated heterocycles. The number of fused-ring (bicyclic) bond motifs is 4. The average Bonchev–Trinajstić information content (AvgIpc) is 3.01. The highest BCUT2D eigenvalue weighted by Gasteiger charge is 2.23. The first-order chi connectivity index (χ1) is 13.7. The first-order valence-corrected chi connectivity index (χ1v) is 10.0. The van der Waals surface area contributed by atoms with Gasteiger partial charge in [-0.1, -0.05) is 37.3 Å². The van der Waals surface area contributed by atoms with Crippen molar-refractivity contribution >= 4 is 39.1 Å². The largest absolute Gasteiger partial charge is 0.461 e. The lowest BCUT2D eigenvalue weighted by Gasteiger charge is -2.26. The Morgan fingerprint density at radius 1 is 1.00 bits per heavy atom. The molecule has 5 heteroatoms. The number of nitrogens with zero attached hydrogens (tertiary/aromatic N) is 3. The van der Waals surface area contributed by atoms with E-state index in [0.717, 1.165) is 64.7 Å². The predicted octanol–water partition coefficient (Wildman–Crippen LogP) is 4.86. The lowest BCUT2D eigenvalue weighted by Crippen LogP contribution is -2.25. The van der Waals surface area contributed by atoms with E-state index in [9.17, 15) is 4.79 Å². The maximum Gasteiger partial charge on any atom is 0.326 e. The first kappa shape index (κ1) is 17.2. The molecule has 4 aromatic rings. The van der Waals surface area contributed by atoms with Gasteiger partial charge < -0.3 is 9.30 Å². The molecule has 142 valence electrons. The summed E-state index contributed by atoms with van der Waals surface area (Å²) >= 11 is 0. The molecule has 0 N–H and O–H groups in total. The van der Waals surface area contributed by atoms with E-state index in [-0.39, 0.29) is 18.6 Å². The molecule has 0 unspecified atom stereocenters. The number of hydrogen-bond acceptors (Lipinski definition) is 4. The maximum atomic E-state index is 12.7. The number of carbonyl (C=O) groups excluding carboxylic acids is 1. The summed E-state index contributed by atoms with van der Waals surface area (Å²) in [6, 6.07) is 15.8. The summed E-state index contributed by atoms with van der Waals surface area (Å²) in [5.74, 6) is 0.535. The fourth-order valence-corrected chi connectivity index (χ4v) is 4.24. The minimum Gasteiger partial charge on any atom is -0.461 e. The highest BCUT2D eigenvalue weighted by Crippen LogP contribution is 2.29. The topological polar surface area (TPSA) is 57.0 Å². The molecular formula is C23H23N3O2. The van der Waals surface area contributed by atoms with Crippen LogP contribution in [0.3, 0.4) is 0 Å². The average molecular weight is 373 g/mol. The Balaban J connectivity index is 1.53. The minimum absolute atomic E-state index is 0.0451. The predicted molar refractivity (Wildman–Crippen MR) is 110 cm³/mol. The van der Waals surface area contributed by atoms with Crippen LogP contribution in [0.5, 0.6) is 0 Å². The molecule has 28 heavy (non-hydrogen) atoms. The van der Waals surface area contributed by atoms with Crippen LogP contribution in [0.1, 0.15) is 32.6 Å². The van der Waals surface area contributed by atoms with Crippen LogP contribution >= 0.6 is 0 Å². The van der Waals surface area contributed by atoms with Crippen molar-refractivity contribution in [1.82, 2.24) is 14.5 Å². The number of esters is 1. The maximum absolute atomic E-state index is 12.7. The number of rotatable bonds is 3. The van der Waals surface area contributed by atoms with Gasteiger partial charge in [-0.15, -0.1) is 0 Å². The van der Waals surface area contributed by atoms with Gasteiger partial charge in [-0.25, -0.2) is 9.97 Å². The van der Waals surface area contributed by atoms with Gasteiger partial charge in [0.15, 0.2) is 5.65 Å². The third-order valence-electron chi connectivity index (χ3n) is 5.81. The molecule has 0 aliphatic heterocycles. The number of ether oxygens (including phenoxy) is 1. The van der Waals surface area contributed by atoms with Crippen molar-refractivity contribution in [2.45, 2.75) is 45.3 Å². The van der Waals surface area contributed by atoms with Crippen LogP contribution in [0.2, 0.25) is 0 Å². The summed E-state index contributed by atoms with van der Waals surface area (Å²) in [5, 5.41) is 1.01. The van der Waals surface area contributed by atoms with Crippen molar-refractivity contribution < 1.29 is 9.53 Å². The molecule has 0 radical (unpaired) electrons. The van der Waals surface area contributed by atoms with E-state index in [1.54, 1.807) is 0 Å². The molecule has 1 aliphatic carbocycles. The number of aromatic nitrogens is 3. The quantitative estimate of drug-likeness (QED) is 0.481. The van der Waals surface area contributed by atoms with Crippen LogP contribution in [-0.4, -0.2) is 26.6 Å². The minimum atomic E-state index is -0.197. The fraction of sp³-hybridized carbons (Fsp3) is 0.348. The molecule has 0 amide bonds. The third-order valence-corrected chi connectivity index (χ3v) is 5.81. The first-order valence-electron chi connectivity index (χ1n) is 10.0. The molecule has 0 spiro atoms. The molecule has 2 aromatic heterocycles. The van der Waals surface area contributed by atoms with E-state index in [2.05, 4.69) is 6.92 Å². The Labute approximate surface area is 163 Å². The zero-order valence-corrected chi connectivity index (χ0v) is 16.0. The zero-order valence-electron chi connectivity index (χ0n) is 16.0. The number of carbonyl (C=O) groups is 1. The Hall–Kier alpha value is -2.95. The molecular weight excluding hydrogens is 350 g/mol. The van der Waals surface area contributed by atoms with Crippen LogP contribution < -0.4 is 0 Å². The van der Waals surface area contributed by atoms with Gasteiger partial charge in [0.05, 0.1) is 16.6 Å². The van der Waals surface area contributed by atoms with Crippen LogP contribution in [0.4, 0.5) is 0 Å². The highest BCUT2D eigenvalue weighted by atomic mass is 16.5. The van der Waals surface area contributed by atoms with E-state index in [4.69, 9.17) is 14.7 Å². The highest BCUT2D eigenvalue weighted by molar-refractivity contribution is 6.06. The lowest BCUT2D eigenvalue weighted by atomic mass is 9.89. The normalized spacial score (nSPS) is 20.0. The molecule has 5 nitrogen and oxygen atoms in total. The van der Waals surface area contributed by atoms with E-state index in [1.165, 1.54) is 0 Å². The molecule has 5 rings (SSSR count). The summed E-state index contributed by atoms with van der Waals surface area (Å²) in [7, 11) is 0. The molecule has 1 saturated carbocycles. The smallest absolute Gasteiger partial charge is 0.326 e. The molecule has 0 bridgehead atoms. The van der Waals surface area contributed by atoms with Crippen LogP contribution in [0, 0.1) is 5.92 Å².